The maximum absolute atomic E-state index is 5.97. The molecule has 4 N–H and O–H groups in total. The fourth-order valence-electron chi connectivity index (χ4n) is 2.87. The number of fused-ring (bicyclic) bond motifs is 2. The standard InChI is InChI=1S/C19H16N4O/c1-11(13-7-6-12-4-2-3-5-14(12)9-13)8-15-10-24-18-16(15)17(20)22-19(21)23-18/h2-10H,1H3,(H4,20,21,22,23)/b11-8-. The molecule has 0 aliphatic rings. The van der Waals surface area contributed by atoms with Crippen LogP contribution >= 0.6 is 0 Å². The normalized spacial score (nSPS) is 12.1. The number of hydrogen-bond acceptors (Lipinski definition) is 5. The van der Waals surface area contributed by atoms with Gasteiger partial charge in [-0.15, -0.1) is 0 Å². The number of benzene rings is 2. The number of furan rings is 1. The lowest BCUT2D eigenvalue weighted by Gasteiger charge is -2.04. The Labute approximate surface area is 138 Å². The summed E-state index contributed by atoms with van der Waals surface area (Å²) in [5.74, 6) is 0.431. The van der Waals surface area contributed by atoms with Gasteiger partial charge in [-0.1, -0.05) is 36.4 Å². The van der Waals surface area contributed by atoms with Gasteiger partial charge in [-0.2, -0.15) is 9.97 Å². The summed E-state index contributed by atoms with van der Waals surface area (Å²) < 4.78 is 5.46. The topological polar surface area (TPSA) is 91.0 Å². The van der Waals surface area contributed by atoms with Gasteiger partial charge in [0.1, 0.15) is 12.1 Å². The SMILES string of the molecule is C/C(=C/c1coc2nc(N)nc(N)c12)c1ccc2ccccc2c1. The average molecular weight is 316 g/mol. The summed E-state index contributed by atoms with van der Waals surface area (Å²) in [6, 6.07) is 14.7. The predicted octanol–water partition coefficient (Wildman–Crippen LogP) is 4.10. The number of nitrogen functional groups attached to an aromatic ring is 2. The molecule has 0 bridgehead atoms. The van der Waals surface area contributed by atoms with Crippen LogP contribution in [-0.4, -0.2) is 9.97 Å². The van der Waals surface area contributed by atoms with Crippen molar-refractivity contribution in [2.45, 2.75) is 6.92 Å². The van der Waals surface area contributed by atoms with Gasteiger partial charge in [-0.05, 0) is 41.0 Å². The molecule has 4 aromatic rings. The molecule has 0 aliphatic carbocycles. The first kappa shape index (κ1) is 14.3. The van der Waals surface area contributed by atoms with E-state index in [1.807, 2.05) is 18.2 Å². The van der Waals surface area contributed by atoms with Crippen molar-refractivity contribution >= 4 is 45.3 Å². The zero-order valence-electron chi connectivity index (χ0n) is 13.2. The molecule has 2 aromatic carbocycles. The molecule has 0 fully saturated rings. The molecule has 24 heavy (non-hydrogen) atoms. The molecule has 5 nitrogen and oxygen atoms in total. The van der Waals surface area contributed by atoms with Crippen LogP contribution < -0.4 is 11.5 Å². The van der Waals surface area contributed by atoms with Gasteiger partial charge in [0.25, 0.3) is 0 Å². The Morgan fingerprint density at radius 3 is 2.67 bits per heavy atom. The third-order valence-corrected chi connectivity index (χ3v) is 4.08. The van der Waals surface area contributed by atoms with Gasteiger partial charge in [0.05, 0.1) is 5.39 Å². The van der Waals surface area contributed by atoms with Crippen LogP contribution in [-0.2, 0) is 0 Å². The molecular weight excluding hydrogens is 300 g/mol. The second kappa shape index (κ2) is 5.38. The van der Waals surface area contributed by atoms with Crippen LogP contribution in [0.15, 0.2) is 53.1 Å². The molecule has 0 saturated heterocycles. The highest BCUT2D eigenvalue weighted by molar-refractivity contribution is 5.98. The molecule has 2 aromatic heterocycles. The Morgan fingerprint density at radius 1 is 1.04 bits per heavy atom. The minimum atomic E-state index is 0.108. The summed E-state index contributed by atoms with van der Waals surface area (Å²) >= 11 is 0. The molecular formula is C19H16N4O. The Morgan fingerprint density at radius 2 is 1.83 bits per heavy atom. The van der Waals surface area contributed by atoms with E-state index >= 15 is 0 Å². The monoisotopic (exact) mass is 316 g/mol. The van der Waals surface area contributed by atoms with Crippen molar-refractivity contribution in [1.82, 2.24) is 9.97 Å². The van der Waals surface area contributed by atoms with Crippen LogP contribution in [0.1, 0.15) is 18.1 Å². The van der Waals surface area contributed by atoms with Crippen LogP contribution in [0.5, 0.6) is 0 Å². The van der Waals surface area contributed by atoms with E-state index in [-0.39, 0.29) is 5.95 Å². The zero-order valence-corrected chi connectivity index (χ0v) is 13.2. The maximum Gasteiger partial charge on any atom is 0.233 e. The van der Waals surface area contributed by atoms with E-state index in [2.05, 4.69) is 47.2 Å². The smallest absolute Gasteiger partial charge is 0.233 e. The van der Waals surface area contributed by atoms with Crippen molar-refractivity contribution in [1.29, 1.82) is 0 Å². The first-order chi connectivity index (χ1) is 11.6. The molecule has 2 heterocycles. The van der Waals surface area contributed by atoms with Crippen molar-refractivity contribution < 1.29 is 4.42 Å². The molecule has 5 heteroatoms. The van der Waals surface area contributed by atoms with Crippen molar-refractivity contribution in [2.75, 3.05) is 11.5 Å². The van der Waals surface area contributed by atoms with Gasteiger partial charge < -0.3 is 15.9 Å². The van der Waals surface area contributed by atoms with E-state index < -0.39 is 0 Å². The number of nitrogens with zero attached hydrogens (tertiary/aromatic N) is 2. The van der Waals surface area contributed by atoms with Crippen molar-refractivity contribution in [3.63, 3.8) is 0 Å². The molecule has 0 saturated carbocycles. The van der Waals surface area contributed by atoms with Gasteiger partial charge in [0, 0.05) is 5.56 Å². The third-order valence-electron chi connectivity index (χ3n) is 4.08. The highest BCUT2D eigenvalue weighted by atomic mass is 16.3. The van der Waals surface area contributed by atoms with E-state index in [9.17, 15) is 0 Å². The van der Waals surface area contributed by atoms with Crippen molar-refractivity contribution in [2.24, 2.45) is 0 Å². The van der Waals surface area contributed by atoms with Crippen LogP contribution in [0.25, 0.3) is 33.5 Å². The average Bonchev–Trinajstić information content (AvgIpc) is 2.97. The van der Waals surface area contributed by atoms with E-state index in [4.69, 9.17) is 15.9 Å². The number of allylic oxidation sites excluding steroid dienone is 1. The van der Waals surface area contributed by atoms with Gasteiger partial charge in [-0.3, -0.25) is 0 Å². The lowest BCUT2D eigenvalue weighted by Crippen LogP contribution is -1.99. The summed E-state index contributed by atoms with van der Waals surface area (Å²) in [6.45, 7) is 2.05. The van der Waals surface area contributed by atoms with Crippen LogP contribution in [0.2, 0.25) is 0 Å². The van der Waals surface area contributed by atoms with Gasteiger partial charge >= 0.3 is 0 Å². The summed E-state index contributed by atoms with van der Waals surface area (Å²) in [7, 11) is 0. The quantitative estimate of drug-likeness (QED) is 0.581. The molecule has 0 spiro atoms. The van der Waals surface area contributed by atoms with E-state index in [0.29, 0.717) is 16.9 Å². The largest absolute Gasteiger partial charge is 0.445 e. The first-order valence-corrected chi connectivity index (χ1v) is 7.59. The van der Waals surface area contributed by atoms with Crippen LogP contribution in [0, 0.1) is 0 Å². The Kier molecular flexibility index (Phi) is 3.20. The fraction of sp³-hybridized carbons (Fsp3) is 0.0526. The predicted molar refractivity (Wildman–Crippen MR) is 98.1 cm³/mol. The number of hydrogen-bond donors (Lipinski definition) is 2. The van der Waals surface area contributed by atoms with Gasteiger partial charge in [0.15, 0.2) is 0 Å². The number of anilines is 2. The highest BCUT2D eigenvalue weighted by Crippen LogP contribution is 2.29. The zero-order chi connectivity index (χ0) is 16.7. The molecule has 0 aliphatic heterocycles. The van der Waals surface area contributed by atoms with Gasteiger partial charge in [0.2, 0.25) is 11.7 Å². The Hall–Kier alpha value is -3.34. The third kappa shape index (κ3) is 2.36. The second-order valence-electron chi connectivity index (χ2n) is 5.73. The van der Waals surface area contributed by atoms with Crippen molar-refractivity contribution in [3.05, 3.63) is 59.9 Å². The minimum Gasteiger partial charge on any atom is -0.445 e. The number of aromatic nitrogens is 2. The van der Waals surface area contributed by atoms with E-state index in [0.717, 1.165) is 16.7 Å². The van der Waals surface area contributed by atoms with Crippen LogP contribution in [0.4, 0.5) is 11.8 Å². The highest BCUT2D eigenvalue weighted by Gasteiger charge is 2.12. The van der Waals surface area contributed by atoms with E-state index in [1.54, 1.807) is 6.26 Å². The van der Waals surface area contributed by atoms with E-state index in [1.165, 1.54) is 10.8 Å². The summed E-state index contributed by atoms with van der Waals surface area (Å²) in [5.41, 5.74) is 15.0. The molecule has 0 atom stereocenters. The molecule has 0 unspecified atom stereocenters. The molecule has 0 amide bonds. The fourth-order valence-corrected chi connectivity index (χ4v) is 2.87. The number of rotatable bonds is 2. The van der Waals surface area contributed by atoms with Crippen molar-refractivity contribution in [3.8, 4) is 0 Å². The molecule has 118 valence electrons. The first-order valence-electron chi connectivity index (χ1n) is 7.59. The number of nitrogens with two attached hydrogens (primary N) is 2. The summed E-state index contributed by atoms with van der Waals surface area (Å²) in [6.07, 6.45) is 3.64. The summed E-state index contributed by atoms with van der Waals surface area (Å²) in [5, 5.41) is 3.11. The maximum atomic E-state index is 5.97. The Bertz CT molecular complexity index is 1100. The Balaban J connectivity index is 1.82. The minimum absolute atomic E-state index is 0.108. The van der Waals surface area contributed by atoms with Crippen LogP contribution in [0.3, 0.4) is 0 Å². The summed E-state index contributed by atoms with van der Waals surface area (Å²) in [4.78, 5) is 8.08. The molecule has 0 radical (unpaired) electrons. The molecule has 4 rings (SSSR count). The van der Waals surface area contributed by atoms with Gasteiger partial charge in [-0.25, -0.2) is 0 Å². The lowest BCUT2D eigenvalue weighted by molar-refractivity contribution is 0.602. The lowest BCUT2D eigenvalue weighted by atomic mass is 10.0. The second-order valence-corrected chi connectivity index (χ2v) is 5.73.